The van der Waals surface area contributed by atoms with Gasteiger partial charge in [-0.25, -0.2) is 0 Å². The minimum absolute atomic E-state index is 0.167. The van der Waals surface area contributed by atoms with Crippen molar-refractivity contribution < 1.29 is 89.0 Å². The van der Waals surface area contributed by atoms with Crippen molar-refractivity contribution in [2.24, 2.45) is 25.9 Å². The molecule has 0 saturated carbocycles. The third kappa shape index (κ3) is 8.42. The first-order chi connectivity index (χ1) is 36.5. The maximum absolute atomic E-state index is 12.7. The van der Waals surface area contributed by atoms with Crippen molar-refractivity contribution in [1.29, 1.82) is 0 Å². The van der Waals surface area contributed by atoms with Gasteiger partial charge in [-0.15, -0.1) is 24.5 Å². The lowest BCUT2D eigenvalue weighted by molar-refractivity contribution is 0.313. The van der Waals surface area contributed by atoms with Gasteiger partial charge in [0.25, 0.3) is 0 Å². The molecule has 2 aliphatic heterocycles. The van der Waals surface area contributed by atoms with Crippen LogP contribution < -0.4 is 37.9 Å². The number of rotatable bonds is 14. The van der Waals surface area contributed by atoms with Crippen molar-refractivity contribution in [3.05, 3.63) is 116 Å². The number of hydrogen-bond acceptors (Lipinski definition) is 28. The largest absolute Gasteiger partial charge is 0.508 e. The van der Waals surface area contributed by atoms with Crippen molar-refractivity contribution in [3.63, 3.8) is 0 Å². The molecule has 0 fully saturated rings. The summed E-state index contributed by atoms with van der Waals surface area (Å²) >= 11 is 0. The van der Waals surface area contributed by atoms with Gasteiger partial charge in [-0.2, -0.15) is 0 Å². The molecule has 0 unspecified atom stereocenters. The van der Waals surface area contributed by atoms with Crippen LogP contribution >= 0.6 is 0 Å². The third-order valence-electron chi connectivity index (χ3n) is 10.8. The third-order valence-corrected chi connectivity index (χ3v) is 10.8. The maximum atomic E-state index is 12.7. The molecule has 0 aromatic heterocycles. The van der Waals surface area contributed by atoms with Crippen molar-refractivity contribution in [1.82, 2.24) is 0 Å². The number of benzene rings is 8. The smallest absolute Gasteiger partial charge is 0.220 e. The van der Waals surface area contributed by atoms with Gasteiger partial charge < -0.3 is 89.0 Å². The number of aromatic hydroxyl groups is 10. The molecule has 10 N–H and O–H groups in total. The van der Waals surface area contributed by atoms with Crippen LogP contribution in [0.25, 0.3) is 11.1 Å². The van der Waals surface area contributed by atoms with Crippen LogP contribution in [0.15, 0.2) is 117 Å². The fraction of sp³-hybridized carbons (Fsp3) is 0. The minimum atomic E-state index is -0.888. The van der Waals surface area contributed by atoms with Crippen LogP contribution in [0.5, 0.6) is 149 Å². The molecule has 2 aliphatic rings. The van der Waals surface area contributed by atoms with E-state index in [1.54, 1.807) is 0 Å². The second kappa shape index (κ2) is 18.4. The average Bonchev–Trinajstić information content (AvgIpc) is 3.42. The van der Waals surface area contributed by atoms with E-state index < -0.39 is 149 Å². The molecule has 0 aliphatic carbocycles. The first kappa shape index (κ1) is 47.8. The van der Waals surface area contributed by atoms with Gasteiger partial charge in [-0.05, 0) is 25.9 Å². The fourth-order valence-electron chi connectivity index (χ4n) is 7.79. The number of hydrogen-bond donors (Lipinski definition) is 10. The number of fused-ring (bicyclic) bond motifs is 4. The molecule has 0 atom stereocenters. The summed E-state index contributed by atoms with van der Waals surface area (Å²) in [5.74, 6) is -15.2. The predicted octanol–water partition coefficient (Wildman–Crippen LogP) is 13.4. The molecule has 8 aromatic rings. The van der Waals surface area contributed by atoms with E-state index in [0.717, 1.165) is 84.9 Å². The van der Waals surface area contributed by atoms with E-state index in [-0.39, 0.29) is 40.2 Å². The molecule has 380 valence electrons. The van der Waals surface area contributed by atoms with Crippen LogP contribution in [0.3, 0.4) is 0 Å². The molecule has 0 bridgehead atoms. The van der Waals surface area contributed by atoms with Gasteiger partial charge in [0, 0.05) is 91.0 Å². The highest BCUT2D eigenvalue weighted by Gasteiger charge is 2.41. The molecule has 0 spiro atoms. The van der Waals surface area contributed by atoms with Crippen LogP contribution in [-0.2, 0) is 0 Å². The lowest BCUT2D eigenvalue weighted by Gasteiger charge is -2.29. The summed E-state index contributed by atoms with van der Waals surface area (Å²) in [5.41, 5.74) is -5.13. The van der Waals surface area contributed by atoms with Gasteiger partial charge >= 0.3 is 0 Å². The van der Waals surface area contributed by atoms with E-state index >= 15 is 0 Å². The summed E-state index contributed by atoms with van der Waals surface area (Å²) in [5, 5.41) is 120. The Morgan fingerprint density at radius 2 is 0.579 bits per heavy atom. The summed E-state index contributed by atoms with van der Waals surface area (Å²) < 4.78 is 47.0. The van der Waals surface area contributed by atoms with E-state index in [1.165, 1.54) is 0 Å². The van der Waals surface area contributed by atoms with Crippen molar-refractivity contribution in [2.75, 3.05) is 0 Å². The minimum Gasteiger partial charge on any atom is -0.508 e. The van der Waals surface area contributed by atoms with Gasteiger partial charge in [0.05, 0.1) is 11.1 Å². The lowest BCUT2D eigenvalue weighted by atomic mass is 9.96. The van der Waals surface area contributed by atoms with Gasteiger partial charge in [0.1, 0.15) is 68.9 Å². The monoisotopic (exact) mass is 1040 g/mol. The molecule has 10 rings (SSSR count). The number of phenolic OH excluding ortho intramolecular Hbond substituents is 10. The van der Waals surface area contributed by atoms with E-state index in [1.807, 2.05) is 0 Å². The second-order valence-corrected chi connectivity index (χ2v) is 15.8. The molecular weight excluding hydrogens is 1010 g/mol. The van der Waals surface area contributed by atoms with Crippen molar-refractivity contribution in [3.8, 4) is 161 Å². The Morgan fingerprint density at radius 3 is 1.04 bits per heavy atom. The SMILES string of the molecule is O=Nc1cc(O)c(Oc2cc(O)cc(Oc3cc(O)c(Oc4cc(O)cc(O)c4)c(O)c3)c2)c2c1Oc1c(c(N=O)cc(N=O)c1-c1c(N=O)cc(N=O)c3c1Oc1c(O)cc(O)c(Oc4cc(O)cc(O)c4)c1O3)O2. The topological polar surface area (TPSA) is 423 Å². The van der Waals surface area contributed by atoms with Gasteiger partial charge in [-0.1, -0.05) is 0 Å². The van der Waals surface area contributed by atoms with Crippen LogP contribution in [0.2, 0.25) is 0 Å². The second-order valence-electron chi connectivity index (χ2n) is 15.8. The summed E-state index contributed by atoms with van der Waals surface area (Å²) in [7, 11) is 0. The first-order valence-electron chi connectivity index (χ1n) is 20.9. The zero-order chi connectivity index (χ0) is 53.9. The highest BCUT2D eigenvalue weighted by atomic mass is 16.6. The van der Waals surface area contributed by atoms with Crippen LogP contribution in [0.1, 0.15) is 0 Å². The van der Waals surface area contributed by atoms with Crippen molar-refractivity contribution >= 4 is 28.4 Å². The predicted molar refractivity (Wildman–Crippen MR) is 255 cm³/mol. The normalized spacial score (nSPS) is 11.6. The number of nitrogens with zero attached hydrogens (tertiary/aromatic N) is 5. The zero-order valence-corrected chi connectivity index (χ0v) is 37.2. The molecule has 2 heterocycles. The molecule has 8 aromatic carbocycles. The highest BCUT2D eigenvalue weighted by Crippen LogP contribution is 2.68. The molecule has 76 heavy (non-hydrogen) atoms. The summed E-state index contributed by atoms with van der Waals surface area (Å²) in [6.45, 7) is 0. The standard InChI is InChI=1S/C48H25N5O23/c54-16-1-17(55)4-21(3-16)70-41-31(59)10-25(11-32(41)60)69-23-7-20(58)8-24(9-23)72-42-33(61)14-30(53-68)40-47(42)74-38-28(51-66)12-26(49-64)36(45(38)73-40)37-27(50-65)13-29(52-67)39-46(37)76-44-35(63)15-34(62)43(48(44)75-39)71-22-5-18(56)2-19(57)6-22/h1-15,54-63H. The number of nitroso groups, excluding NO2 is 5. The average molecular weight is 1040 g/mol. The quantitative estimate of drug-likeness (QED) is 0.0452. The number of ether oxygens (including phenoxy) is 8. The van der Waals surface area contributed by atoms with Gasteiger partial charge in [0.15, 0.2) is 68.8 Å². The highest BCUT2D eigenvalue weighted by molar-refractivity contribution is 6.00. The van der Waals surface area contributed by atoms with Crippen LogP contribution in [0, 0.1) is 24.5 Å². The molecule has 28 heteroatoms. The maximum Gasteiger partial charge on any atom is 0.220 e. The lowest BCUT2D eigenvalue weighted by Crippen LogP contribution is -2.06. The zero-order valence-electron chi connectivity index (χ0n) is 37.2. The van der Waals surface area contributed by atoms with E-state index in [4.69, 9.17) is 37.9 Å². The molecule has 0 radical (unpaired) electrons. The summed E-state index contributed by atoms with van der Waals surface area (Å²) in [6, 6.07) is 14.2. The van der Waals surface area contributed by atoms with E-state index in [9.17, 15) is 75.6 Å². The first-order valence-corrected chi connectivity index (χ1v) is 20.9. The Kier molecular flexibility index (Phi) is 11.6. The molecule has 0 amide bonds. The molecule has 28 nitrogen and oxygen atoms in total. The van der Waals surface area contributed by atoms with Gasteiger partial charge in [0.2, 0.25) is 40.2 Å². The van der Waals surface area contributed by atoms with Gasteiger partial charge in [-0.3, -0.25) is 0 Å². The van der Waals surface area contributed by atoms with Crippen LogP contribution in [0.4, 0.5) is 28.4 Å². The molecule has 0 saturated heterocycles. The Balaban J connectivity index is 1.05. The van der Waals surface area contributed by atoms with Crippen molar-refractivity contribution in [2.45, 2.75) is 0 Å². The van der Waals surface area contributed by atoms with E-state index in [2.05, 4.69) is 25.9 Å². The Labute approximate surface area is 418 Å². The fourth-order valence-corrected chi connectivity index (χ4v) is 7.79. The summed E-state index contributed by atoms with van der Waals surface area (Å²) in [6.07, 6.45) is 0. The Bertz CT molecular complexity index is 3800. The summed E-state index contributed by atoms with van der Waals surface area (Å²) in [4.78, 5) is 62.6. The molecular formula is C48H25N5O23. The Hall–Kier alpha value is -11.8. The Morgan fingerprint density at radius 1 is 0.263 bits per heavy atom. The van der Waals surface area contributed by atoms with Crippen LogP contribution in [-0.4, -0.2) is 51.1 Å². The number of phenols is 10. The van der Waals surface area contributed by atoms with E-state index in [0.29, 0.717) is 6.07 Å².